The molecule has 1 atom stereocenters. The van der Waals surface area contributed by atoms with E-state index in [1.165, 1.54) is 178 Å². The van der Waals surface area contributed by atoms with E-state index in [1.807, 2.05) is 43.9 Å². The van der Waals surface area contributed by atoms with Crippen molar-refractivity contribution in [2.24, 2.45) is 0 Å². The second-order valence-electron chi connectivity index (χ2n) is 34.5. The number of benzene rings is 2. The average molecular weight is 2240 g/mol. The van der Waals surface area contributed by atoms with E-state index < -0.39 is 49.9 Å². The van der Waals surface area contributed by atoms with Gasteiger partial charge in [-0.05, 0) is 301 Å². The molecule has 5 N–H and O–H groups in total. The van der Waals surface area contributed by atoms with Crippen LogP contribution in [0.25, 0.3) is 35.1 Å². The van der Waals surface area contributed by atoms with Gasteiger partial charge in [-0.1, -0.05) is 107 Å². The number of hydrogen-bond donors (Lipinski definition) is 5. The molecule has 1 unspecified atom stereocenters. The standard InChI is InChI=1S/C23H23BrF2N4O3S2.C20H27BrN4O4S2.C17H21N3O2S2.C16H19N3O2S2.C15H12BrN3O2S2/c1-4-33-20(32)23(2,3)35-22-29-28-21(24)30(22)19-14-8-6-5-7-13(14)17(34-19)18(31)27-12-9-10-15(25)16(26)11-12;1-4-29-18(28)20(2,3)31-19-24-22-11-25(19)17-13-8-6-5-7-12(13)15(30-17)16(27)23-14(26)9-10-21;1-9(2)15-18-19-17(23-8-13(21)22)20(15)16-12-5-3-4-11(12)14(24-16)10-6-7-10;1-21-13(20)8-22-16-18-17-9-19(16)15-12-5-3-2-4-11(12)14(23-15)10-6-7-10;16-13-17-18-14(23-15(12(20)21)6-3-7-15)19(13)11-8-9-4-1-2-5-10(9)22-11/h9-11H,4-8H2,1-3H3,(H,27,31);11,14,26H,4-10H2,1-3H3,(H,23,27);9-10H,3-8H2,1-2H3,(H,21,22);9-10H,2-8H2,1H3;1-2,4-5,8H,3,6-7H2,(H,20,21). The number of aliphatic hydroxyl groups excluding tert-OH is 1. The predicted octanol–water partition coefficient (Wildman–Crippen LogP) is 21.1. The number of esters is 3. The molecule has 0 radical (unpaired) electrons. The van der Waals surface area contributed by atoms with Crippen LogP contribution >= 0.6 is 163 Å². The molecule has 2 amide bonds. The third-order valence-corrected chi connectivity index (χ3v) is 37.1. The number of alkyl halides is 1. The van der Waals surface area contributed by atoms with Crippen molar-refractivity contribution >= 4 is 221 Å². The maximum atomic E-state index is 13.6. The first-order valence-electron chi connectivity index (χ1n) is 44.9. The van der Waals surface area contributed by atoms with Crippen LogP contribution in [0.5, 0.6) is 0 Å². The molecule has 0 aliphatic heterocycles. The second kappa shape index (κ2) is 45.4. The number of carbonyl (C=O) groups excluding carboxylic acids is 5. The lowest BCUT2D eigenvalue weighted by molar-refractivity contribution is -0.145. The number of halogens is 5. The molecule has 10 aromatic heterocycles. The summed E-state index contributed by atoms with van der Waals surface area (Å²) >= 11 is 24.7. The molecular formula is C91H102Br3F2N17O13S10. The van der Waals surface area contributed by atoms with Gasteiger partial charge in [-0.3, -0.25) is 56.4 Å². The first-order chi connectivity index (χ1) is 65.3. The minimum Gasteiger partial charge on any atom is -0.481 e. The van der Waals surface area contributed by atoms with Crippen molar-refractivity contribution in [2.75, 3.05) is 42.5 Å². The van der Waals surface area contributed by atoms with Crippen molar-refractivity contribution in [1.29, 1.82) is 0 Å². The number of carboxylic acid groups (broad SMARTS) is 2. The largest absolute Gasteiger partial charge is 0.481 e. The number of rotatable bonds is 31. The Morgan fingerprint density at radius 1 is 0.559 bits per heavy atom. The van der Waals surface area contributed by atoms with Crippen LogP contribution < -0.4 is 10.6 Å². The third kappa shape index (κ3) is 23.5. The number of nitrogens with zero attached hydrogens (tertiary/aromatic N) is 15. The SMILES string of the molecule is CC(C)c1nnc(SCC(=O)O)n1-c1sc(C2CC2)c2c1CCC2.CCOC(=O)C(C)(C)Sc1nnc(Br)n1-c1sc(C(=O)Nc2ccc(F)c(F)c2)c2c1CCCC2.CCOC(=O)C(C)(C)Sc1nncn1-c1sc(C(=O)NC(O)CCBr)c2c1CCCC2.COC(=O)CSc1nncn1-c1sc(C2CC2)c2c1CCCC2.O=C(O)C1(Sc2nnc(Br)n2-c2cc3ccccc3s2)CCC1. The van der Waals surface area contributed by atoms with Crippen LogP contribution in [-0.2, 0) is 89.5 Å². The second-order valence-corrected chi connectivity index (χ2v) is 48.2. The fourth-order valence-corrected chi connectivity index (χ4v) is 29.7. The molecule has 0 saturated heterocycles. The number of hydrogen-bond acceptors (Lipinski definition) is 31. The Kier molecular flexibility index (Phi) is 34.3. The van der Waals surface area contributed by atoms with Gasteiger partial charge < -0.3 is 40.2 Å². The zero-order valence-electron chi connectivity index (χ0n) is 76.0. The molecule has 7 aliphatic carbocycles. The molecule has 7 aliphatic rings. The molecule has 0 spiro atoms. The summed E-state index contributed by atoms with van der Waals surface area (Å²) in [6.45, 7) is 15.4. The van der Waals surface area contributed by atoms with E-state index in [9.17, 15) is 52.6 Å². The Morgan fingerprint density at radius 3 is 1.64 bits per heavy atom. The summed E-state index contributed by atoms with van der Waals surface area (Å²) in [5.41, 5.74) is 10.4. The van der Waals surface area contributed by atoms with Gasteiger partial charge in [0.25, 0.3) is 11.8 Å². The number of nitrogens with one attached hydrogen (secondary N) is 2. The fraction of sp³-hybridized carbons (Fsp3) is 0.484. The summed E-state index contributed by atoms with van der Waals surface area (Å²) in [5.74, 6) is -2.19. The smallest absolute Gasteiger partial charge is 0.322 e. The minimum atomic E-state index is -1.03. The third-order valence-electron chi connectivity index (χ3n) is 23.6. The number of thiophene rings is 5. The molecule has 45 heteroatoms. The zero-order valence-corrected chi connectivity index (χ0v) is 88.9. The van der Waals surface area contributed by atoms with Gasteiger partial charge in [0.15, 0.2) is 37.4 Å². The highest BCUT2D eigenvalue weighted by atomic mass is 79.9. The number of aliphatic hydroxyl groups is 1. The Morgan fingerprint density at radius 2 is 1.07 bits per heavy atom. The van der Waals surface area contributed by atoms with Crippen LogP contribution in [0.2, 0.25) is 0 Å². The lowest BCUT2D eigenvalue weighted by Crippen LogP contribution is -2.42. The van der Waals surface area contributed by atoms with Crippen molar-refractivity contribution < 1.29 is 71.9 Å². The molecule has 19 rings (SSSR count). The van der Waals surface area contributed by atoms with Crippen LogP contribution in [0.3, 0.4) is 0 Å². The summed E-state index contributed by atoms with van der Waals surface area (Å²) in [6, 6.07) is 13.5. The van der Waals surface area contributed by atoms with Gasteiger partial charge in [0.2, 0.25) is 9.47 Å². The van der Waals surface area contributed by atoms with Gasteiger partial charge in [-0.2, -0.15) is 0 Å². The zero-order chi connectivity index (χ0) is 96.6. The topological polar surface area (TPSA) is 385 Å². The van der Waals surface area contributed by atoms with E-state index in [0.29, 0.717) is 71.0 Å². The molecule has 30 nitrogen and oxygen atoms in total. The number of anilines is 1. The fourth-order valence-electron chi connectivity index (χ4n) is 16.4. The maximum Gasteiger partial charge on any atom is 0.322 e. The predicted molar refractivity (Wildman–Crippen MR) is 540 cm³/mol. The van der Waals surface area contributed by atoms with Crippen LogP contribution in [-0.4, -0.2) is 188 Å². The summed E-state index contributed by atoms with van der Waals surface area (Å²) in [4.78, 5) is 89.1. The monoisotopic (exact) mass is 2240 g/mol. The van der Waals surface area contributed by atoms with Gasteiger partial charge in [-0.25, -0.2) is 8.78 Å². The van der Waals surface area contributed by atoms with E-state index in [-0.39, 0.29) is 53.5 Å². The van der Waals surface area contributed by atoms with E-state index in [4.69, 9.17) is 19.3 Å². The molecule has 3 saturated carbocycles. The summed E-state index contributed by atoms with van der Waals surface area (Å²) in [7, 11) is 1.41. The number of ether oxygens (including phenoxy) is 3. The van der Waals surface area contributed by atoms with Crippen LogP contribution in [0.1, 0.15) is 249 Å². The van der Waals surface area contributed by atoms with Crippen LogP contribution in [0.15, 0.2) is 96.4 Å². The Labute approximate surface area is 850 Å². The molecule has 136 heavy (non-hydrogen) atoms. The van der Waals surface area contributed by atoms with E-state index in [0.717, 1.165) is 148 Å². The van der Waals surface area contributed by atoms with Crippen molar-refractivity contribution in [3.8, 4) is 25.0 Å². The quantitative estimate of drug-likeness (QED) is 0.00885. The highest BCUT2D eigenvalue weighted by Gasteiger charge is 2.48. The molecular weight excluding hydrogens is 2140 g/mol. The molecule has 2 aromatic carbocycles. The number of methoxy groups -OCH3 is 1. The van der Waals surface area contributed by atoms with Crippen LogP contribution in [0.4, 0.5) is 14.5 Å². The molecule has 724 valence electrons. The highest BCUT2D eigenvalue weighted by molar-refractivity contribution is 9.10. The highest BCUT2D eigenvalue weighted by Crippen LogP contribution is 2.54. The van der Waals surface area contributed by atoms with E-state index in [1.54, 1.807) is 91.0 Å². The van der Waals surface area contributed by atoms with Gasteiger partial charge in [0, 0.05) is 43.9 Å². The van der Waals surface area contributed by atoms with E-state index >= 15 is 0 Å². The average Bonchev–Trinajstić information content (AvgIpc) is 1.59. The summed E-state index contributed by atoms with van der Waals surface area (Å²) < 4.78 is 51.5. The van der Waals surface area contributed by atoms with Gasteiger partial charge in [0.1, 0.15) is 64.0 Å². The summed E-state index contributed by atoms with van der Waals surface area (Å²) in [5, 5.41) is 85.9. The number of aliphatic carboxylic acids is 2. The number of carboxylic acids is 2. The maximum absolute atomic E-state index is 13.6. The number of amides is 2. The van der Waals surface area contributed by atoms with Crippen molar-refractivity contribution in [2.45, 2.75) is 267 Å². The number of aromatic nitrogens is 15. The molecule has 0 bridgehead atoms. The van der Waals surface area contributed by atoms with E-state index in [2.05, 4.69) is 151 Å². The molecule has 3 fully saturated rings. The lowest BCUT2D eigenvalue weighted by Gasteiger charge is -2.36. The number of carbonyl (C=O) groups is 7. The minimum absolute atomic E-state index is 0.0132. The molecule has 10 heterocycles. The molecule has 12 aromatic rings. The van der Waals surface area contributed by atoms with Crippen LogP contribution in [0, 0.1) is 11.6 Å². The van der Waals surface area contributed by atoms with Crippen molar-refractivity contribution in [3.63, 3.8) is 0 Å². The number of fused-ring (bicyclic) bond motifs is 5. The Bertz CT molecular complexity index is 6370. The van der Waals surface area contributed by atoms with Gasteiger partial charge >= 0.3 is 29.8 Å². The number of thioether (sulfide) groups is 5. The van der Waals surface area contributed by atoms with Crippen molar-refractivity contribution in [3.05, 3.63) is 152 Å². The Hall–Kier alpha value is -7.80. The lowest BCUT2D eigenvalue weighted by atomic mass is 9.84. The normalized spacial score (nSPS) is 15.4. The van der Waals surface area contributed by atoms with Crippen molar-refractivity contribution in [1.82, 2.24) is 79.1 Å². The van der Waals surface area contributed by atoms with Gasteiger partial charge in [0.05, 0.1) is 41.6 Å². The first-order valence-corrected chi connectivity index (χ1v) is 56.1. The summed E-state index contributed by atoms with van der Waals surface area (Å²) in [6.07, 6.45) is 26.1. The van der Waals surface area contributed by atoms with Gasteiger partial charge in [-0.15, -0.1) is 108 Å². The Balaban J connectivity index is 0.000000130. The first kappa shape index (κ1) is 103.